The van der Waals surface area contributed by atoms with Crippen LogP contribution >= 0.6 is 19.8 Å². The van der Waals surface area contributed by atoms with Crippen LogP contribution in [0.15, 0.2) is 0 Å². The van der Waals surface area contributed by atoms with E-state index in [1.165, 1.54) is 14.2 Å². The van der Waals surface area contributed by atoms with E-state index in [0.29, 0.717) is 0 Å². The zero-order chi connectivity index (χ0) is 13.7. The second kappa shape index (κ2) is 6.55. The Hall–Kier alpha value is 0.420. The van der Waals surface area contributed by atoms with Crippen LogP contribution < -0.4 is 4.72 Å². The lowest BCUT2D eigenvalue weighted by Crippen LogP contribution is -2.39. The first-order valence-corrected chi connectivity index (χ1v) is 7.83. The summed E-state index contributed by atoms with van der Waals surface area (Å²) in [5, 5.41) is 0. The second-order valence-corrected chi connectivity index (χ2v) is 8.20. The molecule has 0 aromatic rings. The molecule has 0 saturated carbocycles. The lowest BCUT2D eigenvalue weighted by Gasteiger charge is -2.29. The summed E-state index contributed by atoms with van der Waals surface area (Å²) in [5.74, 6) is 0. The van der Waals surface area contributed by atoms with E-state index in [2.05, 4.69) is 4.72 Å². The van der Waals surface area contributed by atoms with Gasteiger partial charge in [0.2, 0.25) is 0 Å². The fourth-order valence-corrected chi connectivity index (χ4v) is 3.13. The third-order valence-electron chi connectivity index (χ3n) is 1.75. The van der Waals surface area contributed by atoms with Gasteiger partial charge in [-0.05, 0) is 34.6 Å². The van der Waals surface area contributed by atoms with Gasteiger partial charge in [0.25, 0.3) is 0 Å². The van der Waals surface area contributed by atoms with Crippen molar-refractivity contribution in [3.8, 4) is 0 Å². The molecule has 0 radical (unpaired) electrons. The van der Waals surface area contributed by atoms with Crippen LogP contribution in [0.4, 0.5) is 0 Å². The minimum Gasteiger partial charge on any atom is -0.312 e. The van der Waals surface area contributed by atoms with E-state index in [-0.39, 0.29) is 11.8 Å². The molecule has 5 nitrogen and oxygen atoms in total. The average molecular weight is 285 g/mol. The summed E-state index contributed by atoms with van der Waals surface area (Å²) in [4.78, 5) is 0. The fourth-order valence-electron chi connectivity index (χ4n) is 0.979. The van der Waals surface area contributed by atoms with Crippen molar-refractivity contribution < 1.29 is 17.8 Å². The maximum Gasteiger partial charge on any atom is 0.332 e. The lowest BCUT2D eigenvalue weighted by atomic mass is 10.1. The highest BCUT2D eigenvalue weighted by Crippen LogP contribution is 2.48. The third-order valence-corrected chi connectivity index (χ3v) is 5.26. The van der Waals surface area contributed by atoms with Gasteiger partial charge in [0.15, 0.2) is 0 Å². The molecular formula is C10H24NO4PS. The van der Waals surface area contributed by atoms with Gasteiger partial charge in [-0.1, -0.05) is 0 Å². The van der Waals surface area contributed by atoms with Crippen LogP contribution in [0.2, 0.25) is 0 Å². The first-order chi connectivity index (χ1) is 7.54. The number of hydrogen-bond acceptors (Lipinski definition) is 6. The van der Waals surface area contributed by atoms with Gasteiger partial charge in [-0.15, -0.1) is 0 Å². The van der Waals surface area contributed by atoms with E-state index in [1.807, 2.05) is 34.6 Å². The van der Waals surface area contributed by atoms with Gasteiger partial charge in [0, 0.05) is 19.8 Å². The number of hydrogen-bond donors (Lipinski definition) is 1. The predicted octanol–water partition coefficient (Wildman–Crippen LogP) is 3.22. The molecule has 0 aliphatic carbocycles. The molecule has 0 atom stereocenters. The van der Waals surface area contributed by atoms with Crippen LogP contribution in [0.5, 0.6) is 0 Å². The standard InChI is InChI=1S/C10H24NO4PS/c1-9(2,3)15-17-11-10(4,5)8-16(12,13-6)14-7/h11H,8H2,1-7H3. The maximum atomic E-state index is 12.0. The molecule has 0 spiro atoms. The van der Waals surface area contributed by atoms with E-state index in [4.69, 9.17) is 13.2 Å². The Morgan fingerprint density at radius 1 is 1.12 bits per heavy atom. The summed E-state index contributed by atoms with van der Waals surface area (Å²) in [7, 11) is -0.239. The lowest BCUT2D eigenvalue weighted by molar-refractivity contribution is 0.161. The molecule has 1 N–H and O–H groups in total. The van der Waals surface area contributed by atoms with Gasteiger partial charge in [0.05, 0.1) is 24.0 Å². The Morgan fingerprint density at radius 2 is 1.59 bits per heavy atom. The highest BCUT2D eigenvalue weighted by Gasteiger charge is 2.32. The molecular weight excluding hydrogens is 261 g/mol. The van der Waals surface area contributed by atoms with Crippen LogP contribution in [-0.4, -0.2) is 31.5 Å². The molecule has 17 heavy (non-hydrogen) atoms. The van der Waals surface area contributed by atoms with E-state index < -0.39 is 13.1 Å². The van der Waals surface area contributed by atoms with Gasteiger partial charge < -0.3 is 9.05 Å². The molecule has 0 fully saturated rings. The first kappa shape index (κ1) is 17.4. The van der Waals surface area contributed by atoms with Crippen molar-refractivity contribution in [2.24, 2.45) is 0 Å². The Bertz CT molecular complexity index is 270. The third kappa shape index (κ3) is 8.19. The average Bonchev–Trinajstić information content (AvgIpc) is 2.14. The van der Waals surface area contributed by atoms with Crippen LogP contribution in [0.1, 0.15) is 34.6 Å². The largest absolute Gasteiger partial charge is 0.332 e. The molecule has 0 heterocycles. The van der Waals surface area contributed by atoms with Crippen molar-refractivity contribution in [2.75, 3.05) is 20.4 Å². The number of rotatable bonds is 7. The normalized spacial score (nSPS) is 14.1. The zero-order valence-corrected chi connectivity index (χ0v) is 13.4. The highest BCUT2D eigenvalue weighted by atomic mass is 32.2. The molecule has 0 amide bonds. The number of nitrogens with one attached hydrogen (secondary N) is 1. The van der Waals surface area contributed by atoms with Crippen LogP contribution in [0, 0.1) is 0 Å². The molecule has 0 aromatic heterocycles. The van der Waals surface area contributed by atoms with Gasteiger partial charge in [0.1, 0.15) is 0 Å². The van der Waals surface area contributed by atoms with Crippen molar-refractivity contribution in [1.82, 2.24) is 4.72 Å². The SMILES string of the molecule is COP(=O)(CC(C)(C)NSOC(C)(C)C)OC. The van der Waals surface area contributed by atoms with Crippen molar-refractivity contribution in [3.63, 3.8) is 0 Å². The van der Waals surface area contributed by atoms with Gasteiger partial charge in [-0.2, -0.15) is 0 Å². The molecule has 0 aliphatic heterocycles. The topological polar surface area (TPSA) is 56.8 Å². The molecule has 0 saturated heterocycles. The van der Waals surface area contributed by atoms with Gasteiger partial charge in [-0.3, -0.25) is 8.75 Å². The summed E-state index contributed by atoms with van der Waals surface area (Å²) < 4.78 is 30.4. The summed E-state index contributed by atoms with van der Waals surface area (Å²) in [6, 6.07) is 0. The van der Waals surface area contributed by atoms with E-state index in [1.54, 1.807) is 0 Å². The van der Waals surface area contributed by atoms with Gasteiger partial charge >= 0.3 is 7.60 Å². The Kier molecular flexibility index (Phi) is 6.71. The summed E-state index contributed by atoms with van der Waals surface area (Å²) in [6.07, 6.45) is 0.271. The van der Waals surface area contributed by atoms with Crippen LogP contribution in [0.25, 0.3) is 0 Å². The van der Waals surface area contributed by atoms with Crippen molar-refractivity contribution in [2.45, 2.75) is 45.8 Å². The van der Waals surface area contributed by atoms with E-state index in [9.17, 15) is 4.57 Å². The van der Waals surface area contributed by atoms with Crippen LogP contribution in [-0.2, 0) is 17.8 Å². The van der Waals surface area contributed by atoms with E-state index >= 15 is 0 Å². The Balaban J connectivity index is 4.25. The van der Waals surface area contributed by atoms with Crippen molar-refractivity contribution in [1.29, 1.82) is 0 Å². The summed E-state index contributed by atoms with van der Waals surface area (Å²) in [5.41, 5.74) is -0.655. The van der Waals surface area contributed by atoms with Crippen molar-refractivity contribution in [3.05, 3.63) is 0 Å². The Morgan fingerprint density at radius 3 is 1.94 bits per heavy atom. The van der Waals surface area contributed by atoms with Gasteiger partial charge in [-0.25, -0.2) is 4.72 Å². The maximum absolute atomic E-state index is 12.0. The molecule has 7 heteroatoms. The fraction of sp³-hybridized carbons (Fsp3) is 1.00. The van der Waals surface area contributed by atoms with E-state index in [0.717, 1.165) is 12.2 Å². The molecule has 104 valence electrons. The smallest absolute Gasteiger partial charge is 0.312 e. The quantitative estimate of drug-likeness (QED) is 0.440. The summed E-state index contributed by atoms with van der Waals surface area (Å²) >= 11 is 1.15. The minimum atomic E-state index is -3.01. The summed E-state index contributed by atoms with van der Waals surface area (Å²) in [6.45, 7) is 9.71. The van der Waals surface area contributed by atoms with Crippen molar-refractivity contribution >= 4 is 19.8 Å². The molecule has 0 bridgehead atoms. The second-order valence-electron chi connectivity index (χ2n) is 5.40. The minimum absolute atomic E-state index is 0.236. The predicted molar refractivity (Wildman–Crippen MR) is 72.1 cm³/mol. The molecule has 0 rings (SSSR count). The molecule has 0 unspecified atom stereocenters. The first-order valence-electron chi connectivity index (χ1n) is 5.36. The monoisotopic (exact) mass is 285 g/mol. The molecule has 0 aliphatic rings. The van der Waals surface area contributed by atoms with Crippen LogP contribution in [0.3, 0.4) is 0 Å². The zero-order valence-electron chi connectivity index (χ0n) is 11.7. The highest BCUT2D eigenvalue weighted by molar-refractivity contribution is 7.92. The Labute approximate surface area is 109 Å². The molecule has 0 aromatic carbocycles.